The summed E-state index contributed by atoms with van der Waals surface area (Å²) in [7, 11) is 1.74. The van der Waals surface area contributed by atoms with Gasteiger partial charge in [0.05, 0.1) is 41.8 Å². The normalized spacial score (nSPS) is 18.8. The summed E-state index contributed by atoms with van der Waals surface area (Å²) in [6.07, 6.45) is 7.26. The van der Waals surface area contributed by atoms with Gasteiger partial charge in [-0.05, 0) is 56.9 Å². The minimum Gasteiger partial charge on any atom is -0.485 e. The molecule has 0 saturated heterocycles. The van der Waals surface area contributed by atoms with Crippen LogP contribution in [-0.4, -0.2) is 83.6 Å². The first-order valence-electron chi connectivity index (χ1n) is 17.2. The van der Waals surface area contributed by atoms with Gasteiger partial charge in [0.2, 0.25) is 11.8 Å². The lowest BCUT2D eigenvalue weighted by Crippen LogP contribution is -2.52. The number of carbonyl (C=O) groups excluding carboxylic acids is 4. The van der Waals surface area contributed by atoms with Crippen molar-refractivity contribution in [2.24, 2.45) is 5.92 Å². The Morgan fingerprint density at radius 3 is 2.29 bits per heavy atom. The van der Waals surface area contributed by atoms with Gasteiger partial charge in [-0.1, -0.05) is 50.8 Å². The number of unbranched alkanes of at least 4 members (excludes halogenated alkanes) is 2. The second-order valence-corrected chi connectivity index (χ2v) is 13.2. The number of hydrogen-bond acceptors (Lipinski definition) is 7. The monoisotopic (exact) mass is 664 g/mol. The number of carbonyl (C=O) groups is 4. The van der Waals surface area contributed by atoms with Crippen molar-refractivity contribution >= 4 is 40.8 Å². The van der Waals surface area contributed by atoms with Crippen molar-refractivity contribution in [2.75, 3.05) is 43.1 Å². The minimum atomic E-state index is -0.497. The molecule has 6 N–H and O–H groups in total. The van der Waals surface area contributed by atoms with Gasteiger partial charge < -0.3 is 41.3 Å². The summed E-state index contributed by atoms with van der Waals surface area (Å²) in [6, 6.07) is 11.7. The lowest BCUT2D eigenvalue weighted by molar-refractivity contribution is -0.116. The zero-order valence-electron chi connectivity index (χ0n) is 28.5. The van der Waals surface area contributed by atoms with Gasteiger partial charge in [-0.25, -0.2) is 4.79 Å². The van der Waals surface area contributed by atoms with Gasteiger partial charge in [-0.3, -0.25) is 14.4 Å². The molecule has 0 bridgehead atoms. The van der Waals surface area contributed by atoms with E-state index < -0.39 is 12.1 Å². The number of nitrogen functional groups attached to an aromatic ring is 1. The summed E-state index contributed by atoms with van der Waals surface area (Å²) < 4.78 is 6.55. The third-order valence-corrected chi connectivity index (χ3v) is 9.24. The first kappa shape index (κ1) is 36.5. The number of para-hydroxylation sites is 3. The Hall–Kier alpha value is -4.32. The summed E-state index contributed by atoms with van der Waals surface area (Å²) >= 11 is 0. The van der Waals surface area contributed by atoms with E-state index in [9.17, 15) is 24.3 Å². The Morgan fingerprint density at radius 2 is 1.62 bits per heavy atom. The Kier molecular flexibility index (Phi) is 13.5. The van der Waals surface area contributed by atoms with Crippen LogP contribution in [-0.2, 0) is 9.59 Å². The Morgan fingerprint density at radius 1 is 0.979 bits per heavy atom. The van der Waals surface area contributed by atoms with Gasteiger partial charge in [0, 0.05) is 38.4 Å². The molecular formula is C36H52N6O6. The highest BCUT2D eigenvalue weighted by molar-refractivity contribution is 6.01. The number of amides is 5. The Bertz CT molecular complexity index is 1410. The summed E-state index contributed by atoms with van der Waals surface area (Å²) in [5.74, 6) is -0.614. The van der Waals surface area contributed by atoms with E-state index in [0.717, 1.165) is 25.7 Å². The number of nitrogens with two attached hydrogens (primary N) is 1. The van der Waals surface area contributed by atoms with Gasteiger partial charge >= 0.3 is 6.03 Å². The summed E-state index contributed by atoms with van der Waals surface area (Å²) in [6.45, 7) is 4.14. The molecular weight excluding hydrogens is 612 g/mol. The zero-order chi connectivity index (χ0) is 34.6. The number of aliphatic hydroxyl groups is 1. The molecule has 0 aromatic heterocycles. The number of anilines is 3. The average Bonchev–Trinajstić information content (AvgIpc) is 3.07. The first-order chi connectivity index (χ1) is 23.1. The maximum Gasteiger partial charge on any atom is 0.317 e. The Balaban J connectivity index is 1.40. The molecule has 1 aliphatic carbocycles. The summed E-state index contributed by atoms with van der Waals surface area (Å²) in [5, 5.41) is 18.9. The smallest absolute Gasteiger partial charge is 0.317 e. The van der Waals surface area contributed by atoms with Gasteiger partial charge in [-0.15, -0.1) is 0 Å². The van der Waals surface area contributed by atoms with Crippen molar-refractivity contribution in [3.63, 3.8) is 0 Å². The first-order valence-corrected chi connectivity index (χ1v) is 17.2. The third kappa shape index (κ3) is 10.1. The van der Waals surface area contributed by atoms with Crippen LogP contribution >= 0.6 is 0 Å². The van der Waals surface area contributed by atoms with Gasteiger partial charge in [0.25, 0.3) is 5.91 Å². The van der Waals surface area contributed by atoms with Crippen molar-refractivity contribution in [3.05, 3.63) is 48.0 Å². The maximum absolute atomic E-state index is 13.8. The molecule has 262 valence electrons. The van der Waals surface area contributed by atoms with Crippen molar-refractivity contribution in [3.8, 4) is 5.75 Å². The minimum absolute atomic E-state index is 0.132. The standard InChI is InChI=1S/C36H52N6O6/c1-24-21-42(25(2)23-43)35(46)27-15-12-18-30(34(27)48-31(24)22-41(3)36(47)38-26-13-6-4-7-14-26)40-33(45)20-9-5-8-19-32(44)39-29-17-11-10-16-28(29)37/h10-12,15-18,24-26,31,43H,4-9,13-14,19-23,37H2,1-3H3,(H,38,47)(H,39,44)(H,40,45)/t24-,25-,31+/m1/s1. The van der Waals surface area contributed by atoms with Crippen LogP contribution in [0.4, 0.5) is 21.9 Å². The zero-order valence-corrected chi connectivity index (χ0v) is 28.5. The van der Waals surface area contributed by atoms with Crippen molar-refractivity contribution in [1.29, 1.82) is 0 Å². The molecule has 1 saturated carbocycles. The molecule has 48 heavy (non-hydrogen) atoms. The number of hydrogen-bond donors (Lipinski definition) is 5. The second-order valence-electron chi connectivity index (χ2n) is 13.2. The molecule has 1 heterocycles. The molecule has 1 fully saturated rings. The van der Waals surface area contributed by atoms with Crippen LogP contribution in [0.3, 0.4) is 0 Å². The van der Waals surface area contributed by atoms with E-state index >= 15 is 0 Å². The van der Waals surface area contributed by atoms with Crippen LogP contribution in [0.15, 0.2) is 42.5 Å². The van der Waals surface area contributed by atoms with Crippen LogP contribution in [0.25, 0.3) is 0 Å². The van der Waals surface area contributed by atoms with E-state index in [2.05, 4.69) is 16.0 Å². The molecule has 3 atom stereocenters. The number of likely N-dealkylation sites (N-methyl/N-ethyl adjacent to an activating group) is 1. The van der Waals surface area contributed by atoms with Crippen molar-refractivity contribution in [2.45, 2.75) is 96.2 Å². The van der Waals surface area contributed by atoms with E-state index in [1.54, 1.807) is 66.2 Å². The van der Waals surface area contributed by atoms with Gasteiger partial charge in [0.15, 0.2) is 5.75 Å². The third-order valence-electron chi connectivity index (χ3n) is 9.24. The number of rotatable bonds is 13. The number of urea groups is 1. The number of ether oxygens (including phenoxy) is 1. The number of nitrogens with one attached hydrogen (secondary N) is 3. The fraction of sp³-hybridized carbons (Fsp3) is 0.556. The number of fused-ring (bicyclic) bond motifs is 1. The van der Waals surface area contributed by atoms with Gasteiger partial charge in [0.1, 0.15) is 6.10 Å². The molecule has 12 heteroatoms. The number of benzene rings is 2. The van der Waals surface area contributed by atoms with Gasteiger partial charge in [-0.2, -0.15) is 0 Å². The van der Waals surface area contributed by atoms with E-state index in [-0.39, 0.29) is 66.6 Å². The molecule has 4 rings (SSSR count). The lowest BCUT2D eigenvalue weighted by atomic mass is 9.96. The fourth-order valence-corrected chi connectivity index (χ4v) is 6.23. The Labute approximate surface area is 283 Å². The fourth-order valence-electron chi connectivity index (χ4n) is 6.23. The summed E-state index contributed by atoms with van der Waals surface area (Å²) in [5.41, 5.74) is 7.64. The highest BCUT2D eigenvalue weighted by atomic mass is 16.5. The summed E-state index contributed by atoms with van der Waals surface area (Å²) in [4.78, 5) is 55.6. The lowest BCUT2D eigenvalue weighted by Gasteiger charge is -2.38. The van der Waals surface area contributed by atoms with Crippen LogP contribution in [0.5, 0.6) is 5.75 Å². The molecule has 0 spiro atoms. The predicted molar refractivity (Wildman–Crippen MR) is 187 cm³/mol. The van der Waals surface area contributed by atoms with Crippen LogP contribution in [0, 0.1) is 5.92 Å². The van der Waals surface area contributed by atoms with E-state index in [4.69, 9.17) is 10.5 Å². The van der Waals surface area contributed by atoms with Crippen LogP contribution < -0.4 is 26.4 Å². The van der Waals surface area contributed by atoms with E-state index in [0.29, 0.717) is 49.3 Å². The highest BCUT2D eigenvalue weighted by Gasteiger charge is 2.35. The van der Waals surface area contributed by atoms with E-state index in [1.165, 1.54) is 6.42 Å². The number of nitrogens with zero attached hydrogens (tertiary/aromatic N) is 2. The topological polar surface area (TPSA) is 166 Å². The largest absolute Gasteiger partial charge is 0.485 e. The molecule has 2 aromatic rings. The SMILES string of the molecule is C[C@@H]1CN([C@H](C)CO)C(=O)c2cccc(NC(=O)CCCCCC(=O)Nc3ccccc3N)c2O[C@H]1CN(C)C(=O)NC1CCCCC1. The molecule has 1 aliphatic heterocycles. The molecule has 2 aliphatic rings. The van der Waals surface area contributed by atoms with Crippen LogP contribution in [0.2, 0.25) is 0 Å². The molecule has 0 unspecified atom stereocenters. The maximum atomic E-state index is 13.8. The van der Waals surface area contributed by atoms with Crippen LogP contribution in [0.1, 0.15) is 88.4 Å². The average molecular weight is 665 g/mol. The molecule has 2 aromatic carbocycles. The molecule has 12 nitrogen and oxygen atoms in total. The quantitative estimate of drug-likeness (QED) is 0.149. The number of aliphatic hydroxyl groups excluding tert-OH is 1. The molecule has 5 amide bonds. The van der Waals surface area contributed by atoms with Crippen molar-refractivity contribution in [1.82, 2.24) is 15.1 Å². The van der Waals surface area contributed by atoms with E-state index in [1.807, 2.05) is 6.92 Å². The van der Waals surface area contributed by atoms with Crippen molar-refractivity contribution < 1.29 is 29.0 Å². The predicted octanol–water partition coefficient (Wildman–Crippen LogP) is 4.99. The highest BCUT2D eigenvalue weighted by Crippen LogP contribution is 2.35. The second kappa shape index (κ2) is 17.7. The molecule has 0 radical (unpaired) electrons.